The summed E-state index contributed by atoms with van der Waals surface area (Å²) in [5.74, 6) is 1.11. The van der Waals surface area contributed by atoms with E-state index in [1.165, 1.54) is 6.33 Å². The van der Waals surface area contributed by atoms with Crippen molar-refractivity contribution in [1.29, 1.82) is 0 Å². The topological polar surface area (TPSA) is 58.3 Å². The second-order valence-electron chi connectivity index (χ2n) is 4.58. The number of hydrogen-bond donors (Lipinski definition) is 1. The van der Waals surface area contributed by atoms with Crippen molar-refractivity contribution in [3.8, 4) is 0 Å². The molecular weight excluding hydrogens is 238 g/mol. The van der Waals surface area contributed by atoms with Gasteiger partial charge in [-0.2, -0.15) is 0 Å². The lowest BCUT2D eigenvalue weighted by atomic mass is 10.0. The lowest BCUT2D eigenvalue weighted by Gasteiger charge is -2.36. The maximum atomic E-state index is 6.12. The maximum absolute atomic E-state index is 6.12. The molecule has 17 heavy (non-hydrogen) atoms. The van der Waals surface area contributed by atoms with Crippen LogP contribution in [-0.2, 0) is 0 Å². The Balaban J connectivity index is 2.08. The molecule has 0 aromatic carbocycles. The van der Waals surface area contributed by atoms with Crippen LogP contribution in [0.3, 0.4) is 0 Å². The van der Waals surface area contributed by atoms with E-state index in [2.05, 4.69) is 33.9 Å². The SMILES string of the molecule is CN(C)C1CCN(c2ncnc(N)c2Cl)CC1. The van der Waals surface area contributed by atoms with Gasteiger partial charge in [0.15, 0.2) is 5.82 Å². The van der Waals surface area contributed by atoms with E-state index < -0.39 is 0 Å². The van der Waals surface area contributed by atoms with Crippen LogP contribution in [0.15, 0.2) is 6.33 Å². The zero-order valence-corrected chi connectivity index (χ0v) is 11.0. The molecule has 0 atom stereocenters. The summed E-state index contributed by atoms with van der Waals surface area (Å²) in [5.41, 5.74) is 5.68. The van der Waals surface area contributed by atoms with Crippen molar-refractivity contribution in [2.45, 2.75) is 18.9 Å². The molecule has 0 unspecified atom stereocenters. The van der Waals surface area contributed by atoms with Gasteiger partial charge in [0, 0.05) is 19.1 Å². The predicted molar refractivity (Wildman–Crippen MR) is 70.4 cm³/mol. The summed E-state index contributed by atoms with van der Waals surface area (Å²) in [5, 5.41) is 0.468. The Labute approximate surface area is 107 Å². The van der Waals surface area contributed by atoms with Crippen LogP contribution >= 0.6 is 11.6 Å². The van der Waals surface area contributed by atoms with E-state index in [1.807, 2.05) is 0 Å². The van der Waals surface area contributed by atoms with Crippen LogP contribution < -0.4 is 10.6 Å². The molecule has 0 amide bonds. The summed E-state index contributed by atoms with van der Waals surface area (Å²) < 4.78 is 0. The molecule has 1 aliphatic rings. The monoisotopic (exact) mass is 255 g/mol. The molecule has 1 aromatic heterocycles. The Morgan fingerprint density at radius 3 is 2.59 bits per heavy atom. The average molecular weight is 256 g/mol. The minimum atomic E-state index is 0.353. The number of nitrogens with zero attached hydrogens (tertiary/aromatic N) is 4. The van der Waals surface area contributed by atoms with Gasteiger partial charge in [-0.25, -0.2) is 9.97 Å². The first kappa shape index (κ1) is 12.4. The Morgan fingerprint density at radius 2 is 2.00 bits per heavy atom. The first-order chi connectivity index (χ1) is 8.09. The molecule has 2 rings (SSSR count). The fourth-order valence-corrected chi connectivity index (χ4v) is 2.41. The zero-order valence-electron chi connectivity index (χ0n) is 10.2. The van der Waals surface area contributed by atoms with Gasteiger partial charge in [0.2, 0.25) is 0 Å². The van der Waals surface area contributed by atoms with Crippen LogP contribution in [-0.4, -0.2) is 48.1 Å². The quantitative estimate of drug-likeness (QED) is 0.862. The van der Waals surface area contributed by atoms with Gasteiger partial charge in [0.1, 0.15) is 17.2 Å². The number of rotatable bonds is 2. The molecule has 1 aliphatic heterocycles. The third-order valence-corrected chi connectivity index (χ3v) is 3.66. The van der Waals surface area contributed by atoms with Crippen LogP contribution in [0.4, 0.5) is 11.6 Å². The minimum Gasteiger partial charge on any atom is -0.382 e. The van der Waals surface area contributed by atoms with E-state index >= 15 is 0 Å². The molecule has 1 saturated heterocycles. The van der Waals surface area contributed by atoms with Gasteiger partial charge in [0.25, 0.3) is 0 Å². The lowest BCUT2D eigenvalue weighted by molar-refractivity contribution is 0.249. The van der Waals surface area contributed by atoms with Crippen molar-refractivity contribution in [2.75, 3.05) is 37.8 Å². The van der Waals surface area contributed by atoms with Crippen molar-refractivity contribution in [1.82, 2.24) is 14.9 Å². The van der Waals surface area contributed by atoms with E-state index in [9.17, 15) is 0 Å². The van der Waals surface area contributed by atoms with E-state index in [0.717, 1.165) is 31.7 Å². The highest BCUT2D eigenvalue weighted by Crippen LogP contribution is 2.29. The molecule has 94 valence electrons. The largest absolute Gasteiger partial charge is 0.382 e. The second kappa shape index (κ2) is 5.06. The molecule has 0 spiro atoms. The predicted octanol–water partition coefficient (Wildman–Crippen LogP) is 1.24. The number of hydrogen-bond acceptors (Lipinski definition) is 5. The molecule has 0 bridgehead atoms. The Bertz CT molecular complexity index is 387. The number of piperidine rings is 1. The van der Waals surface area contributed by atoms with E-state index in [-0.39, 0.29) is 0 Å². The summed E-state index contributed by atoms with van der Waals surface area (Å²) in [4.78, 5) is 12.6. The third kappa shape index (κ3) is 2.61. The first-order valence-corrected chi connectivity index (χ1v) is 6.14. The van der Waals surface area contributed by atoms with Crippen LogP contribution in [0.25, 0.3) is 0 Å². The average Bonchev–Trinajstić information content (AvgIpc) is 2.33. The standard InChI is InChI=1S/C11H18ClN5/c1-16(2)8-3-5-17(6-4-8)11-9(12)10(13)14-7-15-11/h7-8H,3-6H2,1-2H3,(H2,13,14,15). The highest BCUT2D eigenvalue weighted by molar-refractivity contribution is 6.35. The molecule has 5 nitrogen and oxygen atoms in total. The smallest absolute Gasteiger partial charge is 0.153 e. The highest BCUT2D eigenvalue weighted by atomic mass is 35.5. The molecule has 1 fully saturated rings. The molecule has 0 aliphatic carbocycles. The number of nitrogen functional groups attached to an aromatic ring is 1. The van der Waals surface area contributed by atoms with Crippen molar-refractivity contribution in [3.63, 3.8) is 0 Å². The van der Waals surface area contributed by atoms with Crippen LogP contribution in [0.2, 0.25) is 5.02 Å². The minimum absolute atomic E-state index is 0.353. The Kier molecular flexibility index (Phi) is 3.69. The molecule has 0 radical (unpaired) electrons. The van der Waals surface area contributed by atoms with Gasteiger partial charge in [0.05, 0.1) is 0 Å². The van der Waals surface area contributed by atoms with E-state index in [0.29, 0.717) is 16.9 Å². The summed E-state index contributed by atoms with van der Waals surface area (Å²) in [6.07, 6.45) is 3.70. The normalized spacial score (nSPS) is 17.8. The summed E-state index contributed by atoms with van der Waals surface area (Å²) >= 11 is 6.12. The van der Waals surface area contributed by atoms with E-state index in [1.54, 1.807) is 0 Å². The summed E-state index contributed by atoms with van der Waals surface area (Å²) in [7, 11) is 4.24. The van der Waals surface area contributed by atoms with E-state index in [4.69, 9.17) is 17.3 Å². The third-order valence-electron chi connectivity index (χ3n) is 3.29. The second-order valence-corrected chi connectivity index (χ2v) is 4.96. The van der Waals surface area contributed by atoms with Gasteiger partial charge in [-0.1, -0.05) is 11.6 Å². The van der Waals surface area contributed by atoms with Crippen LogP contribution in [0.1, 0.15) is 12.8 Å². The first-order valence-electron chi connectivity index (χ1n) is 5.77. The molecule has 2 heterocycles. The number of aromatic nitrogens is 2. The molecule has 6 heteroatoms. The van der Waals surface area contributed by atoms with Crippen LogP contribution in [0, 0.1) is 0 Å². The van der Waals surface area contributed by atoms with Crippen molar-refractivity contribution in [3.05, 3.63) is 11.3 Å². The summed E-state index contributed by atoms with van der Waals surface area (Å²) in [6.45, 7) is 1.91. The Hall–Kier alpha value is -1.07. The number of anilines is 2. The molecule has 2 N–H and O–H groups in total. The van der Waals surface area contributed by atoms with Gasteiger partial charge in [-0.05, 0) is 26.9 Å². The highest BCUT2D eigenvalue weighted by Gasteiger charge is 2.23. The van der Waals surface area contributed by atoms with Crippen molar-refractivity contribution >= 4 is 23.2 Å². The van der Waals surface area contributed by atoms with Crippen molar-refractivity contribution < 1.29 is 0 Å². The number of nitrogens with two attached hydrogens (primary N) is 1. The van der Waals surface area contributed by atoms with Crippen molar-refractivity contribution in [2.24, 2.45) is 0 Å². The Morgan fingerprint density at radius 1 is 1.35 bits per heavy atom. The number of halogens is 1. The molecular formula is C11H18ClN5. The maximum Gasteiger partial charge on any atom is 0.153 e. The molecule has 0 saturated carbocycles. The van der Waals surface area contributed by atoms with Gasteiger partial charge >= 0.3 is 0 Å². The van der Waals surface area contributed by atoms with Gasteiger partial charge in [-0.15, -0.1) is 0 Å². The zero-order chi connectivity index (χ0) is 12.4. The summed E-state index contributed by atoms with van der Waals surface area (Å²) in [6, 6.07) is 0.643. The van der Waals surface area contributed by atoms with Crippen LogP contribution in [0.5, 0.6) is 0 Å². The molecule has 1 aromatic rings. The fraction of sp³-hybridized carbons (Fsp3) is 0.636. The fourth-order valence-electron chi connectivity index (χ4n) is 2.19. The lowest BCUT2D eigenvalue weighted by Crippen LogP contribution is -2.42. The van der Waals surface area contributed by atoms with Gasteiger partial charge in [-0.3, -0.25) is 0 Å². The van der Waals surface area contributed by atoms with Gasteiger partial charge < -0.3 is 15.5 Å².